The van der Waals surface area contributed by atoms with Crippen LogP contribution < -0.4 is 5.32 Å². The molecular weight excluding hydrogens is 192 g/mol. The molecule has 0 spiro atoms. The fourth-order valence-corrected chi connectivity index (χ4v) is 1.08. The molecule has 0 saturated carbocycles. The van der Waals surface area contributed by atoms with Gasteiger partial charge in [-0.25, -0.2) is 4.98 Å². The van der Waals surface area contributed by atoms with Crippen LogP contribution in [0.15, 0.2) is 22.9 Å². The summed E-state index contributed by atoms with van der Waals surface area (Å²) < 4.78 is 0.867. The monoisotopic (exact) mass is 200 g/mol. The summed E-state index contributed by atoms with van der Waals surface area (Å²) >= 11 is 3.28. The van der Waals surface area contributed by atoms with Gasteiger partial charge in [-0.05, 0) is 35.0 Å². The van der Waals surface area contributed by atoms with Crippen molar-refractivity contribution in [1.82, 2.24) is 4.98 Å². The lowest BCUT2D eigenvalue weighted by molar-refractivity contribution is 1.19. The fourth-order valence-electron chi connectivity index (χ4n) is 0.717. The summed E-state index contributed by atoms with van der Waals surface area (Å²) in [4.78, 5) is 4.00. The molecule has 54 valence electrons. The van der Waals surface area contributed by atoms with Gasteiger partial charge < -0.3 is 5.32 Å². The zero-order valence-electron chi connectivity index (χ0n) is 5.76. The molecule has 0 radical (unpaired) electrons. The van der Waals surface area contributed by atoms with Crippen molar-refractivity contribution >= 4 is 21.6 Å². The third-order valence-corrected chi connectivity index (χ3v) is 1.54. The van der Waals surface area contributed by atoms with E-state index >= 15 is 0 Å². The Bertz CT molecular complexity index is 213. The van der Waals surface area contributed by atoms with E-state index in [1.807, 2.05) is 12.1 Å². The van der Waals surface area contributed by atoms with E-state index in [9.17, 15) is 0 Å². The van der Waals surface area contributed by atoms with E-state index in [0.717, 1.165) is 16.8 Å². The minimum atomic E-state index is 0.867. The minimum Gasteiger partial charge on any atom is -0.385 e. The highest BCUT2D eigenvalue weighted by atomic mass is 79.9. The van der Waals surface area contributed by atoms with Crippen molar-refractivity contribution in [2.45, 2.75) is 6.92 Å². The molecule has 1 aromatic rings. The molecule has 0 amide bonds. The van der Waals surface area contributed by atoms with Gasteiger partial charge in [0, 0.05) is 18.4 Å². The summed E-state index contributed by atoms with van der Waals surface area (Å²) in [6.45, 7) is 3.00. The number of aromatic nitrogens is 1. The first kappa shape index (κ1) is 7.54. The Labute approximate surface area is 68.8 Å². The molecule has 10 heavy (non-hydrogen) atoms. The van der Waals surface area contributed by atoms with Crippen LogP contribution in [0.3, 0.4) is 0 Å². The molecular formula is C7H9BrN2. The Kier molecular flexibility index (Phi) is 2.68. The lowest BCUT2D eigenvalue weighted by Gasteiger charge is -2.00. The van der Waals surface area contributed by atoms with Crippen LogP contribution in [0.4, 0.5) is 5.69 Å². The van der Waals surface area contributed by atoms with E-state index in [0.29, 0.717) is 0 Å². The Morgan fingerprint density at radius 1 is 1.70 bits per heavy atom. The van der Waals surface area contributed by atoms with Gasteiger partial charge in [0.15, 0.2) is 0 Å². The highest BCUT2D eigenvalue weighted by Crippen LogP contribution is 2.11. The second-order valence-corrected chi connectivity index (χ2v) is 2.71. The van der Waals surface area contributed by atoms with E-state index in [2.05, 4.69) is 33.2 Å². The normalized spacial score (nSPS) is 9.40. The highest BCUT2D eigenvalue weighted by molar-refractivity contribution is 9.10. The molecule has 0 fully saturated rings. The Morgan fingerprint density at radius 2 is 2.50 bits per heavy atom. The molecule has 0 aliphatic heterocycles. The van der Waals surface area contributed by atoms with Crippen molar-refractivity contribution < 1.29 is 0 Å². The largest absolute Gasteiger partial charge is 0.385 e. The minimum absolute atomic E-state index is 0.867. The number of nitrogens with one attached hydrogen (secondary N) is 1. The molecule has 1 rings (SSSR count). The molecule has 3 heteroatoms. The van der Waals surface area contributed by atoms with E-state index in [1.165, 1.54) is 0 Å². The average molecular weight is 201 g/mol. The SMILES string of the molecule is CCNc1ccnc(Br)c1. The number of hydrogen-bond donors (Lipinski definition) is 1. The third kappa shape index (κ3) is 1.99. The van der Waals surface area contributed by atoms with Gasteiger partial charge in [0.1, 0.15) is 4.60 Å². The van der Waals surface area contributed by atoms with Crippen molar-refractivity contribution in [3.8, 4) is 0 Å². The summed E-state index contributed by atoms with van der Waals surface area (Å²) in [7, 11) is 0. The van der Waals surface area contributed by atoms with Crippen molar-refractivity contribution in [3.63, 3.8) is 0 Å². The maximum Gasteiger partial charge on any atom is 0.108 e. The van der Waals surface area contributed by atoms with Crippen molar-refractivity contribution in [2.75, 3.05) is 11.9 Å². The van der Waals surface area contributed by atoms with Gasteiger partial charge in [0.05, 0.1) is 0 Å². The fraction of sp³-hybridized carbons (Fsp3) is 0.286. The maximum atomic E-state index is 4.00. The number of nitrogens with zero attached hydrogens (tertiary/aromatic N) is 1. The van der Waals surface area contributed by atoms with Crippen LogP contribution in [-0.4, -0.2) is 11.5 Å². The van der Waals surface area contributed by atoms with Gasteiger partial charge in [0.25, 0.3) is 0 Å². The van der Waals surface area contributed by atoms with E-state index in [1.54, 1.807) is 6.20 Å². The summed E-state index contributed by atoms with van der Waals surface area (Å²) in [5.74, 6) is 0. The van der Waals surface area contributed by atoms with Crippen molar-refractivity contribution in [1.29, 1.82) is 0 Å². The quantitative estimate of drug-likeness (QED) is 0.742. The zero-order chi connectivity index (χ0) is 7.40. The topological polar surface area (TPSA) is 24.9 Å². The van der Waals surface area contributed by atoms with E-state index in [-0.39, 0.29) is 0 Å². The molecule has 2 nitrogen and oxygen atoms in total. The second kappa shape index (κ2) is 3.56. The van der Waals surface area contributed by atoms with Crippen LogP contribution in [0.25, 0.3) is 0 Å². The number of rotatable bonds is 2. The molecule has 0 atom stereocenters. The Hall–Kier alpha value is -0.570. The van der Waals surface area contributed by atoms with Gasteiger partial charge in [-0.3, -0.25) is 0 Å². The second-order valence-electron chi connectivity index (χ2n) is 1.90. The van der Waals surface area contributed by atoms with Crippen LogP contribution in [-0.2, 0) is 0 Å². The number of hydrogen-bond acceptors (Lipinski definition) is 2. The van der Waals surface area contributed by atoms with Crippen LogP contribution in [0, 0.1) is 0 Å². The van der Waals surface area contributed by atoms with Crippen molar-refractivity contribution in [3.05, 3.63) is 22.9 Å². The standard InChI is InChI=1S/C7H9BrN2/c1-2-9-6-3-4-10-7(8)5-6/h3-5H,2H2,1H3,(H,9,10). The first-order valence-corrected chi connectivity index (χ1v) is 3.97. The molecule has 1 N–H and O–H groups in total. The van der Waals surface area contributed by atoms with Gasteiger partial charge in [0.2, 0.25) is 0 Å². The number of halogens is 1. The van der Waals surface area contributed by atoms with Gasteiger partial charge in [-0.1, -0.05) is 0 Å². The Balaban J connectivity index is 2.75. The maximum absolute atomic E-state index is 4.00. The van der Waals surface area contributed by atoms with E-state index < -0.39 is 0 Å². The summed E-state index contributed by atoms with van der Waals surface area (Å²) in [6, 6.07) is 3.89. The molecule has 0 unspecified atom stereocenters. The van der Waals surface area contributed by atoms with Gasteiger partial charge >= 0.3 is 0 Å². The predicted octanol–water partition coefficient (Wildman–Crippen LogP) is 2.28. The average Bonchev–Trinajstić information content (AvgIpc) is 1.88. The molecule has 0 bridgehead atoms. The molecule has 1 aromatic heterocycles. The number of pyridine rings is 1. The van der Waals surface area contributed by atoms with Gasteiger partial charge in [-0.15, -0.1) is 0 Å². The Morgan fingerprint density at radius 3 is 3.10 bits per heavy atom. The molecule has 0 aromatic carbocycles. The highest BCUT2D eigenvalue weighted by Gasteiger charge is 1.89. The molecule has 0 aliphatic carbocycles. The van der Waals surface area contributed by atoms with Gasteiger partial charge in [-0.2, -0.15) is 0 Å². The van der Waals surface area contributed by atoms with Crippen LogP contribution in [0.5, 0.6) is 0 Å². The third-order valence-electron chi connectivity index (χ3n) is 1.11. The summed E-state index contributed by atoms with van der Waals surface area (Å²) in [6.07, 6.45) is 1.77. The van der Waals surface area contributed by atoms with Crippen LogP contribution >= 0.6 is 15.9 Å². The number of anilines is 1. The smallest absolute Gasteiger partial charge is 0.108 e. The molecule has 0 saturated heterocycles. The predicted molar refractivity (Wildman–Crippen MR) is 46.1 cm³/mol. The lowest BCUT2D eigenvalue weighted by Crippen LogP contribution is -1.95. The zero-order valence-corrected chi connectivity index (χ0v) is 7.35. The summed E-state index contributed by atoms with van der Waals surface area (Å²) in [5, 5.41) is 3.18. The first-order valence-electron chi connectivity index (χ1n) is 3.18. The lowest BCUT2D eigenvalue weighted by atomic mass is 10.4. The first-order chi connectivity index (χ1) is 4.83. The molecule has 0 aliphatic rings. The van der Waals surface area contributed by atoms with E-state index in [4.69, 9.17) is 0 Å². The molecule has 1 heterocycles. The van der Waals surface area contributed by atoms with Crippen molar-refractivity contribution in [2.24, 2.45) is 0 Å². The summed E-state index contributed by atoms with van der Waals surface area (Å²) in [5.41, 5.74) is 1.10. The van der Waals surface area contributed by atoms with Crippen LogP contribution in [0.1, 0.15) is 6.92 Å². The van der Waals surface area contributed by atoms with Crippen LogP contribution in [0.2, 0.25) is 0 Å².